The van der Waals surface area contributed by atoms with Crippen molar-refractivity contribution in [3.05, 3.63) is 12.2 Å². The van der Waals surface area contributed by atoms with E-state index in [1.54, 1.807) is 6.92 Å². The lowest BCUT2D eigenvalue weighted by Gasteiger charge is -2.27. The Kier molecular flexibility index (Phi) is 6.00. The minimum absolute atomic E-state index is 0.0270. The average Bonchev–Trinajstić information content (AvgIpc) is 3.60. The molecular weight excluding hydrogens is 436 g/mol. The van der Waals surface area contributed by atoms with Gasteiger partial charge in [0.05, 0.1) is 10.9 Å². The number of allylic oxidation sites excluding steroid dienone is 1. The van der Waals surface area contributed by atoms with E-state index in [4.69, 9.17) is 0 Å². The predicted octanol–water partition coefficient (Wildman–Crippen LogP) is 0.135. The van der Waals surface area contributed by atoms with Gasteiger partial charge >= 0.3 is 6.03 Å². The Hall–Kier alpha value is -2.14. The quantitative estimate of drug-likeness (QED) is 0.434. The minimum atomic E-state index is -3.85. The minimum Gasteiger partial charge on any atom is -0.391 e. The van der Waals surface area contributed by atoms with Gasteiger partial charge in [0.15, 0.2) is 0 Å². The molecule has 0 spiro atoms. The van der Waals surface area contributed by atoms with Crippen LogP contribution in [-0.4, -0.2) is 71.8 Å². The molecule has 0 radical (unpaired) electrons. The van der Waals surface area contributed by atoms with Crippen molar-refractivity contribution in [2.24, 2.45) is 5.92 Å². The second-order valence-electron chi connectivity index (χ2n) is 9.72. The number of aliphatic hydroxyl groups excluding tert-OH is 1. The van der Waals surface area contributed by atoms with Crippen molar-refractivity contribution in [3.8, 4) is 0 Å². The van der Waals surface area contributed by atoms with Crippen molar-refractivity contribution in [3.63, 3.8) is 0 Å². The molecule has 1 saturated heterocycles. The first-order chi connectivity index (χ1) is 15.1. The molecule has 0 unspecified atom stereocenters. The maximum atomic E-state index is 13.1. The molecule has 2 aliphatic heterocycles. The first-order valence-corrected chi connectivity index (χ1v) is 12.8. The highest BCUT2D eigenvalue weighted by Gasteiger charge is 2.63. The zero-order valence-electron chi connectivity index (χ0n) is 18.3. The van der Waals surface area contributed by atoms with Gasteiger partial charge in [0.2, 0.25) is 15.9 Å². The van der Waals surface area contributed by atoms with E-state index in [9.17, 15) is 27.9 Å². The molecule has 0 bridgehead atoms. The third-order valence-electron chi connectivity index (χ3n) is 7.13. The van der Waals surface area contributed by atoms with Crippen LogP contribution < -0.4 is 15.4 Å². The van der Waals surface area contributed by atoms with Gasteiger partial charge in [0.25, 0.3) is 5.91 Å². The Morgan fingerprint density at radius 3 is 2.72 bits per heavy atom. The van der Waals surface area contributed by atoms with Crippen LogP contribution in [0.4, 0.5) is 4.79 Å². The topological polar surface area (TPSA) is 145 Å². The van der Waals surface area contributed by atoms with Crippen LogP contribution in [0.1, 0.15) is 58.3 Å². The Balaban J connectivity index is 1.57. The molecule has 32 heavy (non-hydrogen) atoms. The summed E-state index contributed by atoms with van der Waals surface area (Å²) in [5, 5.41) is 15.6. The van der Waals surface area contributed by atoms with E-state index in [2.05, 4.69) is 15.4 Å². The molecular formula is C21H32N4O6S. The highest BCUT2D eigenvalue weighted by atomic mass is 32.2. The highest BCUT2D eigenvalue weighted by molar-refractivity contribution is 7.91. The third kappa shape index (κ3) is 4.36. The van der Waals surface area contributed by atoms with E-state index in [0.717, 1.165) is 25.7 Å². The summed E-state index contributed by atoms with van der Waals surface area (Å²) < 4.78 is 26.5. The fraction of sp³-hybridized carbons (Fsp3) is 0.762. The molecule has 178 valence electrons. The maximum absolute atomic E-state index is 13.1. The number of carbonyl (C=O) groups is 3. The lowest BCUT2D eigenvalue weighted by atomic mass is 10.1. The standard InChI is InChI=1S/C21H32N4O6S/c1-20(8-9-20)32(30,31)24-18(28)21-12-14(21)7-5-3-2-4-6-10-22-19(29)25-13-15(26)11-16(25)17(27)23-21/h5,7,14-16,26H,2-4,6,8-13H2,1H3,(H,22,29)(H,23,27)(H,24,28)/t14-,15-,16+,21-/m1/s1. The van der Waals surface area contributed by atoms with E-state index in [1.165, 1.54) is 4.90 Å². The summed E-state index contributed by atoms with van der Waals surface area (Å²) in [6, 6.07) is -1.35. The van der Waals surface area contributed by atoms with Crippen molar-refractivity contribution >= 4 is 27.9 Å². The summed E-state index contributed by atoms with van der Waals surface area (Å²) in [4.78, 5) is 40.2. The van der Waals surface area contributed by atoms with Gasteiger partial charge in [0, 0.05) is 25.4 Å². The molecule has 4 aliphatic rings. The number of hydrogen-bond donors (Lipinski definition) is 4. The van der Waals surface area contributed by atoms with Gasteiger partial charge in [-0.2, -0.15) is 0 Å². The molecule has 10 nitrogen and oxygen atoms in total. The van der Waals surface area contributed by atoms with Gasteiger partial charge in [-0.25, -0.2) is 13.2 Å². The molecule has 4 atom stereocenters. The van der Waals surface area contributed by atoms with Crippen molar-refractivity contribution in [2.45, 2.75) is 80.7 Å². The molecule has 3 fully saturated rings. The first kappa shape index (κ1) is 23.0. The lowest BCUT2D eigenvalue weighted by molar-refractivity contribution is -0.131. The van der Waals surface area contributed by atoms with Crippen LogP contribution in [0.2, 0.25) is 0 Å². The molecule has 0 aromatic carbocycles. The van der Waals surface area contributed by atoms with Crippen LogP contribution in [0.3, 0.4) is 0 Å². The molecule has 2 aliphatic carbocycles. The lowest BCUT2D eigenvalue weighted by Crippen LogP contribution is -2.57. The SMILES string of the molecule is CC1(S(=O)(=O)NC(=O)[C@@]23C[C@H]2C=CCCCCCNC(=O)N2C[C@H](O)C[C@H]2C(=O)N3)CC1. The van der Waals surface area contributed by atoms with Gasteiger partial charge in [-0.15, -0.1) is 0 Å². The predicted molar refractivity (Wildman–Crippen MR) is 116 cm³/mol. The Bertz CT molecular complexity index is 931. The van der Waals surface area contributed by atoms with E-state index < -0.39 is 50.3 Å². The molecule has 11 heteroatoms. The highest BCUT2D eigenvalue weighted by Crippen LogP contribution is 2.47. The number of rotatable bonds is 3. The summed E-state index contributed by atoms with van der Waals surface area (Å²) in [5.41, 5.74) is -1.37. The number of sulfonamides is 1. The van der Waals surface area contributed by atoms with Gasteiger partial charge < -0.3 is 20.6 Å². The van der Waals surface area contributed by atoms with Gasteiger partial charge in [-0.05, 0) is 45.4 Å². The third-order valence-corrected chi connectivity index (χ3v) is 9.29. The van der Waals surface area contributed by atoms with E-state index >= 15 is 0 Å². The largest absolute Gasteiger partial charge is 0.391 e. The summed E-state index contributed by atoms with van der Waals surface area (Å²) in [6.45, 7) is 2.10. The summed E-state index contributed by atoms with van der Waals surface area (Å²) in [5.74, 6) is -1.63. The van der Waals surface area contributed by atoms with Gasteiger partial charge in [0.1, 0.15) is 11.6 Å². The molecule has 0 aromatic rings. The average molecular weight is 469 g/mol. The van der Waals surface area contributed by atoms with Crippen molar-refractivity contribution in [2.75, 3.05) is 13.1 Å². The Labute approximate surface area is 188 Å². The number of urea groups is 1. The number of aliphatic hydroxyl groups is 1. The van der Waals surface area contributed by atoms with Crippen molar-refractivity contribution in [1.82, 2.24) is 20.3 Å². The zero-order valence-corrected chi connectivity index (χ0v) is 19.1. The van der Waals surface area contributed by atoms with Crippen molar-refractivity contribution in [1.29, 1.82) is 0 Å². The molecule has 4 amide bonds. The smallest absolute Gasteiger partial charge is 0.318 e. The van der Waals surface area contributed by atoms with E-state index in [1.807, 2.05) is 12.2 Å². The number of carbonyl (C=O) groups excluding carboxylic acids is 3. The zero-order chi connectivity index (χ0) is 23.1. The number of amides is 4. The normalized spacial score (nSPS) is 34.8. The van der Waals surface area contributed by atoms with E-state index in [0.29, 0.717) is 19.4 Å². The van der Waals surface area contributed by atoms with Crippen LogP contribution in [0.15, 0.2) is 12.2 Å². The molecule has 4 rings (SSSR count). The van der Waals surface area contributed by atoms with Crippen LogP contribution in [-0.2, 0) is 19.6 Å². The number of fused-ring (bicyclic) bond motifs is 2. The fourth-order valence-electron chi connectivity index (χ4n) is 4.47. The Morgan fingerprint density at radius 2 is 2.00 bits per heavy atom. The van der Waals surface area contributed by atoms with Gasteiger partial charge in [-0.1, -0.05) is 18.6 Å². The van der Waals surface area contributed by atoms with Crippen LogP contribution in [0.5, 0.6) is 0 Å². The van der Waals surface area contributed by atoms with Crippen LogP contribution in [0, 0.1) is 5.92 Å². The second kappa shape index (κ2) is 8.33. The molecule has 0 aromatic heterocycles. The maximum Gasteiger partial charge on any atom is 0.318 e. The monoisotopic (exact) mass is 468 g/mol. The second-order valence-corrected chi connectivity index (χ2v) is 11.9. The number of nitrogens with zero attached hydrogens (tertiary/aromatic N) is 1. The summed E-state index contributed by atoms with van der Waals surface area (Å²) in [6.07, 6.45) is 7.76. The number of nitrogens with one attached hydrogen (secondary N) is 3. The van der Waals surface area contributed by atoms with Gasteiger partial charge in [-0.3, -0.25) is 14.3 Å². The molecule has 2 heterocycles. The van der Waals surface area contributed by atoms with Crippen LogP contribution in [0.25, 0.3) is 0 Å². The van der Waals surface area contributed by atoms with Crippen LogP contribution >= 0.6 is 0 Å². The molecule has 4 N–H and O–H groups in total. The Morgan fingerprint density at radius 1 is 1.25 bits per heavy atom. The number of hydrogen-bond acceptors (Lipinski definition) is 6. The van der Waals surface area contributed by atoms with Crippen molar-refractivity contribution < 1.29 is 27.9 Å². The fourth-order valence-corrected chi connectivity index (χ4v) is 5.79. The molecule has 2 saturated carbocycles. The summed E-state index contributed by atoms with van der Waals surface area (Å²) in [7, 11) is -3.85. The first-order valence-electron chi connectivity index (χ1n) is 11.4. The summed E-state index contributed by atoms with van der Waals surface area (Å²) >= 11 is 0. The van der Waals surface area contributed by atoms with E-state index in [-0.39, 0.29) is 25.3 Å².